The van der Waals surface area contributed by atoms with E-state index < -0.39 is 0 Å². The number of aromatic nitrogens is 2. The van der Waals surface area contributed by atoms with E-state index in [9.17, 15) is 4.79 Å². The number of halogens is 2. The van der Waals surface area contributed by atoms with Gasteiger partial charge < -0.3 is 11.1 Å². The van der Waals surface area contributed by atoms with Gasteiger partial charge in [0, 0.05) is 10.6 Å². The molecular weight excluding hydrogens is 375 g/mol. The third-order valence-corrected chi connectivity index (χ3v) is 3.99. The van der Waals surface area contributed by atoms with Crippen LogP contribution in [0.4, 0.5) is 23.0 Å². The van der Waals surface area contributed by atoms with E-state index in [1.54, 1.807) is 36.4 Å². The molecule has 1 amide bonds. The monoisotopic (exact) mass is 388 g/mol. The fourth-order valence-electron chi connectivity index (χ4n) is 2.07. The van der Waals surface area contributed by atoms with Crippen molar-refractivity contribution in [3.05, 3.63) is 70.5 Å². The van der Waals surface area contributed by atoms with E-state index in [0.29, 0.717) is 27.1 Å². The van der Waals surface area contributed by atoms with Gasteiger partial charge in [-0.05, 0) is 36.4 Å². The van der Waals surface area contributed by atoms with Gasteiger partial charge in [0.1, 0.15) is 12.0 Å². The summed E-state index contributed by atoms with van der Waals surface area (Å²) in [6, 6.07) is 13.6. The Morgan fingerprint density at radius 1 is 0.962 bits per heavy atom. The number of amides is 1. The minimum Gasteiger partial charge on any atom is -0.393 e. The van der Waals surface area contributed by atoms with Crippen LogP contribution in [0.1, 0.15) is 10.4 Å². The van der Waals surface area contributed by atoms with Crippen molar-refractivity contribution in [1.29, 1.82) is 0 Å². The van der Waals surface area contributed by atoms with E-state index in [1.165, 1.54) is 6.33 Å². The zero-order valence-corrected chi connectivity index (χ0v) is 14.8. The van der Waals surface area contributed by atoms with Crippen LogP contribution in [0.5, 0.6) is 0 Å². The summed E-state index contributed by atoms with van der Waals surface area (Å²) in [6.45, 7) is 0. The van der Waals surface area contributed by atoms with Crippen LogP contribution in [0.15, 0.2) is 54.9 Å². The molecule has 0 aliphatic rings. The maximum atomic E-state index is 12.1. The molecule has 0 radical (unpaired) electrons. The van der Waals surface area contributed by atoms with Crippen LogP contribution in [0.3, 0.4) is 0 Å². The molecule has 0 spiro atoms. The highest BCUT2D eigenvalue weighted by Crippen LogP contribution is 2.29. The normalized spacial score (nSPS) is 10.2. The number of hydrogen-bond acceptors (Lipinski definition) is 6. The first-order valence-electron chi connectivity index (χ1n) is 7.48. The Labute approximate surface area is 159 Å². The molecular formula is C17H14Cl2N6O. The van der Waals surface area contributed by atoms with Crippen LogP contribution in [0.25, 0.3) is 0 Å². The van der Waals surface area contributed by atoms with Gasteiger partial charge in [-0.3, -0.25) is 15.6 Å². The maximum Gasteiger partial charge on any atom is 0.269 e. The number of anilines is 4. The summed E-state index contributed by atoms with van der Waals surface area (Å²) in [5.41, 5.74) is 12.6. The maximum absolute atomic E-state index is 12.1. The van der Waals surface area contributed by atoms with E-state index in [-0.39, 0.29) is 17.4 Å². The van der Waals surface area contributed by atoms with Gasteiger partial charge in [-0.1, -0.05) is 35.3 Å². The highest BCUT2D eigenvalue weighted by molar-refractivity contribution is 6.33. The number of nitrogens with zero attached hydrogens (tertiary/aromatic N) is 2. The third-order valence-electron chi connectivity index (χ3n) is 3.41. The van der Waals surface area contributed by atoms with Crippen molar-refractivity contribution in [2.24, 2.45) is 0 Å². The number of rotatable bonds is 5. The van der Waals surface area contributed by atoms with E-state index in [4.69, 9.17) is 28.9 Å². The summed E-state index contributed by atoms with van der Waals surface area (Å²) >= 11 is 11.9. The zero-order chi connectivity index (χ0) is 18.5. The summed E-state index contributed by atoms with van der Waals surface area (Å²) in [7, 11) is 0. The minimum absolute atomic E-state index is 0.226. The molecule has 0 unspecified atom stereocenters. The number of hydrazine groups is 1. The van der Waals surface area contributed by atoms with Crippen molar-refractivity contribution < 1.29 is 4.79 Å². The summed E-state index contributed by atoms with van der Waals surface area (Å²) in [5, 5.41) is 4.10. The first kappa shape index (κ1) is 17.8. The summed E-state index contributed by atoms with van der Waals surface area (Å²) in [6.07, 6.45) is 1.31. The number of carbonyl (C=O) groups is 1. The lowest BCUT2D eigenvalue weighted by Crippen LogP contribution is -2.30. The van der Waals surface area contributed by atoms with Gasteiger partial charge in [0.2, 0.25) is 0 Å². The van der Waals surface area contributed by atoms with Gasteiger partial charge in [-0.15, -0.1) is 0 Å². The lowest BCUT2D eigenvalue weighted by atomic mass is 10.2. The summed E-state index contributed by atoms with van der Waals surface area (Å²) in [4.78, 5) is 20.3. The van der Waals surface area contributed by atoms with Crippen molar-refractivity contribution in [1.82, 2.24) is 15.4 Å². The molecule has 1 heterocycles. The Bertz CT molecular complexity index is 933. The number of hydrogen-bond donors (Lipinski definition) is 4. The first-order valence-corrected chi connectivity index (χ1v) is 8.24. The topological polar surface area (TPSA) is 105 Å². The zero-order valence-electron chi connectivity index (χ0n) is 13.3. The van der Waals surface area contributed by atoms with Crippen LogP contribution < -0.4 is 21.9 Å². The van der Waals surface area contributed by atoms with Gasteiger partial charge in [-0.2, -0.15) is 0 Å². The van der Waals surface area contributed by atoms with Crippen LogP contribution in [-0.2, 0) is 0 Å². The largest absolute Gasteiger partial charge is 0.393 e. The highest BCUT2D eigenvalue weighted by atomic mass is 35.5. The number of benzene rings is 2. The average Bonchev–Trinajstić information content (AvgIpc) is 2.64. The Kier molecular flexibility index (Phi) is 5.40. The van der Waals surface area contributed by atoms with E-state index in [1.807, 2.05) is 12.1 Å². The summed E-state index contributed by atoms with van der Waals surface area (Å²) < 4.78 is 0. The predicted molar refractivity (Wildman–Crippen MR) is 104 cm³/mol. The molecule has 132 valence electrons. The second kappa shape index (κ2) is 7.90. The molecule has 0 aliphatic carbocycles. The standard InChI is InChI=1S/C17H14Cl2N6O/c18-11-7-5-10(6-8-11)17(26)25-24-16-14(20)15(21-9-22-16)23-13-4-2-1-3-12(13)19/h1-9H,20H2,(H,25,26)(H2,21,22,23,24). The molecule has 0 fully saturated rings. The molecule has 0 bridgehead atoms. The molecule has 3 rings (SSSR count). The van der Waals surface area contributed by atoms with E-state index in [0.717, 1.165) is 0 Å². The number of nitrogen functional groups attached to an aromatic ring is 1. The van der Waals surface area contributed by atoms with E-state index >= 15 is 0 Å². The van der Waals surface area contributed by atoms with Crippen LogP contribution in [0, 0.1) is 0 Å². The highest BCUT2D eigenvalue weighted by Gasteiger charge is 2.11. The lowest BCUT2D eigenvalue weighted by Gasteiger charge is -2.13. The average molecular weight is 389 g/mol. The fraction of sp³-hybridized carbons (Fsp3) is 0. The van der Waals surface area contributed by atoms with Gasteiger partial charge in [-0.25, -0.2) is 9.97 Å². The molecule has 2 aromatic carbocycles. The molecule has 7 nitrogen and oxygen atoms in total. The first-order chi connectivity index (χ1) is 12.5. The molecule has 5 N–H and O–H groups in total. The molecule has 0 atom stereocenters. The quantitative estimate of drug-likeness (QED) is 0.494. The van der Waals surface area contributed by atoms with Gasteiger partial charge in [0.25, 0.3) is 5.91 Å². The van der Waals surface area contributed by atoms with Gasteiger partial charge in [0.05, 0.1) is 10.7 Å². The van der Waals surface area contributed by atoms with Crippen molar-refractivity contribution in [2.45, 2.75) is 0 Å². The Balaban J connectivity index is 1.72. The predicted octanol–water partition coefficient (Wildman–Crippen LogP) is 3.87. The number of para-hydroxylation sites is 1. The Morgan fingerprint density at radius 3 is 2.38 bits per heavy atom. The van der Waals surface area contributed by atoms with E-state index in [2.05, 4.69) is 26.1 Å². The van der Waals surface area contributed by atoms with Crippen LogP contribution in [0.2, 0.25) is 10.0 Å². The third kappa shape index (κ3) is 4.14. The Hall–Kier alpha value is -3.03. The Morgan fingerprint density at radius 2 is 1.65 bits per heavy atom. The molecule has 0 saturated heterocycles. The molecule has 1 aromatic heterocycles. The minimum atomic E-state index is -0.361. The molecule has 26 heavy (non-hydrogen) atoms. The van der Waals surface area contributed by atoms with Gasteiger partial charge >= 0.3 is 0 Å². The van der Waals surface area contributed by atoms with Crippen molar-refractivity contribution in [2.75, 3.05) is 16.5 Å². The van der Waals surface area contributed by atoms with Crippen LogP contribution in [-0.4, -0.2) is 15.9 Å². The second-order valence-corrected chi connectivity index (χ2v) is 6.02. The SMILES string of the molecule is Nc1c(NNC(=O)c2ccc(Cl)cc2)ncnc1Nc1ccccc1Cl. The van der Waals surface area contributed by atoms with Crippen molar-refractivity contribution in [3.8, 4) is 0 Å². The number of nitrogens with one attached hydrogen (secondary N) is 3. The molecule has 3 aromatic rings. The van der Waals surface area contributed by atoms with Crippen molar-refractivity contribution >= 4 is 52.1 Å². The molecule has 9 heteroatoms. The smallest absolute Gasteiger partial charge is 0.269 e. The molecule has 0 saturated carbocycles. The lowest BCUT2D eigenvalue weighted by molar-refractivity contribution is 0.0962. The van der Waals surface area contributed by atoms with Crippen molar-refractivity contribution in [3.63, 3.8) is 0 Å². The fourth-order valence-corrected chi connectivity index (χ4v) is 2.38. The van der Waals surface area contributed by atoms with Crippen LogP contribution >= 0.6 is 23.2 Å². The molecule has 0 aliphatic heterocycles. The second-order valence-electron chi connectivity index (χ2n) is 5.18. The number of nitrogens with two attached hydrogens (primary N) is 1. The summed E-state index contributed by atoms with van der Waals surface area (Å²) in [5.74, 6) is 0.244. The van der Waals surface area contributed by atoms with Gasteiger partial charge in [0.15, 0.2) is 11.6 Å². The number of carbonyl (C=O) groups excluding carboxylic acids is 1.